The van der Waals surface area contributed by atoms with Crippen LogP contribution < -0.4 is 20.5 Å². The van der Waals surface area contributed by atoms with Crippen LogP contribution in [0.1, 0.15) is 19.8 Å². The van der Waals surface area contributed by atoms with Crippen LogP contribution >= 0.6 is 15.9 Å². The molecule has 1 aromatic carbocycles. The first-order valence-electron chi connectivity index (χ1n) is 6.01. The minimum Gasteiger partial charge on any atom is -0.493 e. The molecule has 1 rings (SSSR count). The molecule has 0 saturated carbocycles. The number of hydrogen-bond acceptors (Lipinski definition) is 4. The maximum Gasteiger partial charge on any atom is 0.241 e. The lowest BCUT2D eigenvalue weighted by Gasteiger charge is -2.15. The number of carbonyl (C=O) groups excluding carboxylic acids is 1. The Hall–Kier alpha value is -1.27. The van der Waals surface area contributed by atoms with Gasteiger partial charge in [-0.05, 0) is 22.4 Å². The molecule has 6 heteroatoms. The number of amides is 1. The molecule has 0 aliphatic rings. The van der Waals surface area contributed by atoms with Crippen molar-refractivity contribution >= 4 is 27.5 Å². The van der Waals surface area contributed by atoms with Crippen molar-refractivity contribution in [1.82, 2.24) is 0 Å². The zero-order chi connectivity index (χ0) is 14.4. The monoisotopic (exact) mass is 330 g/mol. The van der Waals surface area contributed by atoms with Gasteiger partial charge in [0.1, 0.15) is 0 Å². The molecule has 0 aliphatic heterocycles. The number of halogens is 1. The van der Waals surface area contributed by atoms with E-state index in [0.29, 0.717) is 28.1 Å². The average molecular weight is 331 g/mol. The molecule has 0 radical (unpaired) electrons. The first-order chi connectivity index (χ1) is 9.03. The number of nitrogens with one attached hydrogen (secondary N) is 1. The molecule has 1 atom stereocenters. The Labute approximate surface area is 121 Å². The van der Waals surface area contributed by atoms with Crippen molar-refractivity contribution in [2.45, 2.75) is 25.8 Å². The third-order valence-corrected chi connectivity index (χ3v) is 3.32. The average Bonchev–Trinajstić information content (AvgIpc) is 2.40. The lowest BCUT2D eigenvalue weighted by molar-refractivity contribution is -0.117. The van der Waals surface area contributed by atoms with E-state index >= 15 is 0 Å². The minimum atomic E-state index is -0.509. The largest absolute Gasteiger partial charge is 0.493 e. The molecule has 0 aromatic heterocycles. The van der Waals surface area contributed by atoms with E-state index in [1.807, 2.05) is 6.92 Å². The van der Waals surface area contributed by atoms with E-state index in [1.54, 1.807) is 26.4 Å². The van der Waals surface area contributed by atoms with E-state index in [1.165, 1.54) is 0 Å². The SMILES string of the molecule is CCCC(N)C(=O)Nc1cc(OC)c(OC)cc1Br. The molecule has 5 nitrogen and oxygen atoms in total. The second kappa shape index (κ2) is 7.35. The van der Waals surface area contributed by atoms with Gasteiger partial charge in [0.15, 0.2) is 11.5 Å². The highest BCUT2D eigenvalue weighted by Gasteiger charge is 2.16. The molecule has 1 unspecified atom stereocenters. The number of nitrogens with two attached hydrogens (primary N) is 1. The molecule has 1 amide bonds. The Balaban J connectivity index is 2.92. The Kier molecular flexibility index (Phi) is 6.11. The van der Waals surface area contributed by atoms with Crippen LogP contribution in [-0.2, 0) is 4.79 Å². The van der Waals surface area contributed by atoms with Gasteiger partial charge in [-0.3, -0.25) is 4.79 Å². The Morgan fingerprint density at radius 2 is 1.95 bits per heavy atom. The van der Waals surface area contributed by atoms with Crippen molar-refractivity contribution < 1.29 is 14.3 Å². The summed E-state index contributed by atoms with van der Waals surface area (Å²) in [5.74, 6) is 0.921. The molecule has 19 heavy (non-hydrogen) atoms. The fraction of sp³-hybridized carbons (Fsp3) is 0.462. The minimum absolute atomic E-state index is 0.213. The number of anilines is 1. The molecule has 0 saturated heterocycles. The van der Waals surface area contributed by atoms with Gasteiger partial charge >= 0.3 is 0 Å². The van der Waals surface area contributed by atoms with Crippen molar-refractivity contribution in [3.8, 4) is 11.5 Å². The van der Waals surface area contributed by atoms with Crippen molar-refractivity contribution in [1.29, 1.82) is 0 Å². The third kappa shape index (κ3) is 4.11. The maximum atomic E-state index is 11.9. The van der Waals surface area contributed by atoms with E-state index in [9.17, 15) is 4.79 Å². The molecular formula is C13H19BrN2O3. The molecule has 106 valence electrons. The van der Waals surface area contributed by atoms with E-state index in [-0.39, 0.29) is 5.91 Å². The summed E-state index contributed by atoms with van der Waals surface area (Å²) in [4.78, 5) is 11.9. The Morgan fingerprint density at radius 3 is 2.47 bits per heavy atom. The van der Waals surface area contributed by atoms with Gasteiger partial charge in [0.25, 0.3) is 0 Å². The van der Waals surface area contributed by atoms with Crippen LogP contribution in [0.4, 0.5) is 5.69 Å². The van der Waals surface area contributed by atoms with Crippen LogP contribution in [-0.4, -0.2) is 26.2 Å². The van der Waals surface area contributed by atoms with Crippen molar-refractivity contribution in [2.75, 3.05) is 19.5 Å². The lowest BCUT2D eigenvalue weighted by atomic mass is 10.1. The van der Waals surface area contributed by atoms with Crippen LogP contribution in [0.3, 0.4) is 0 Å². The summed E-state index contributed by atoms with van der Waals surface area (Å²) < 4.78 is 11.1. The Bertz CT molecular complexity index is 452. The van der Waals surface area contributed by atoms with Crippen molar-refractivity contribution in [3.05, 3.63) is 16.6 Å². The molecular weight excluding hydrogens is 312 g/mol. The standard InChI is InChI=1S/C13H19BrN2O3/c1-4-5-9(15)13(17)16-10-7-12(19-3)11(18-2)6-8(10)14/h6-7,9H,4-5,15H2,1-3H3,(H,16,17). The number of rotatable bonds is 6. The van der Waals surface area contributed by atoms with Gasteiger partial charge in [-0.15, -0.1) is 0 Å². The van der Waals surface area contributed by atoms with E-state index < -0.39 is 6.04 Å². The van der Waals surface area contributed by atoms with E-state index in [2.05, 4.69) is 21.2 Å². The summed E-state index contributed by atoms with van der Waals surface area (Å²) >= 11 is 3.38. The summed E-state index contributed by atoms with van der Waals surface area (Å²) in [7, 11) is 3.10. The van der Waals surface area contributed by atoms with Gasteiger partial charge in [-0.2, -0.15) is 0 Å². The molecule has 0 fully saturated rings. The third-order valence-electron chi connectivity index (χ3n) is 2.67. The van der Waals surface area contributed by atoms with Crippen LogP contribution in [0.15, 0.2) is 16.6 Å². The van der Waals surface area contributed by atoms with Crippen molar-refractivity contribution in [3.63, 3.8) is 0 Å². The molecule has 3 N–H and O–H groups in total. The number of ether oxygens (including phenoxy) is 2. The number of carbonyl (C=O) groups is 1. The van der Waals surface area contributed by atoms with Gasteiger partial charge in [-0.25, -0.2) is 0 Å². The quantitative estimate of drug-likeness (QED) is 0.840. The zero-order valence-electron chi connectivity index (χ0n) is 11.3. The molecule has 1 aromatic rings. The number of benzene rings is 1. The van der Waals surface area contributed by atoms with Crippen LogP contribution in [0.2, 0.25) is 0 Å². The Morgan fingerprint density at radius 1 is 1.37 bits per heavy atom. The first kappa shape index (κ1) is 15.8. The highest BCUT2D eigenvalue weighted by atomic mass is 79.9. The molecule has 0 spiro atoms. The predicted octanol–water partition coefficient (Wildman–Crippen LogP) is 2.53. The predicted molar refractivity (Wildman–Crippen MR) is 78.8 cm³/mol. The second-order valence-electron chi connectivity index (χ2n) is 4.07. The topological polar surface area (TPSA) is 73.6 Å². The number of methoxy groups -OCH3 is 2. The summed E-state index contributed by atoms with van der Waals surface area (Å²) in [5.41, 5.74) is 6.37. The fourth-order valence-electron chi connectivity index (χ4n) is 1.62. The summed E-state index contributed by atoms with van der Waals surface area (Å²) in [6.07, 6.45) is 1.51. The lowest BCUT2D eigenvalue weighted by Crippen LogP contribution is -2.35. The smallest absolute Gasteiger partial charge is 0.241 e. The molecule has 0 heterocycles. The van der Waals surface area contributed by atoms with Gasteiger partial charge in [0.05, 0.1) is 25.9 Å². The molecule has 0 aliphatic carbocycles. The van der Waals surface area contributed by atoms with Crippen LogP contribution in [0.25, 0.3) is 0 Å². The van der Waals surface area contributed by atoms with Gasteiger partial charge < -0.3 is 20.5 Å². The highest BCUT2D eigenvalue weighted by Crippen LogP contribution is 2.36. The maximum absolute atomic E-state index is 11.9. The fourth-order valence-corrected chi connectivity index (χ4v) is 2.04. The summed E-state index contributed by atoms with van der Waals surface area (Å²) in [6.45, 7) is 1.99. The van der Waals surface area contributed by atoms with Gasteiger partial charge in [0.2, 0.25) is 5.91 Å². The van der Waals surface area contributed by atoms with Crippen LogP contribution in [0.5, 0.6) is 11.5 Å². The van der Waals surface area contributed by atoms with Crippen LogP contribution in [0, 0.1) is 0 Å². The van der Waals surface area contributed by atoms with Gasteiger partial charge in [-0.1, -0.05) is 13.3 Å². The van der Waals surface area contributed by atoms with E-state index in [4.69, 9.17) is 15.2 Å². The zero-order valence-corrected chi connectivity index (χ0v) is 12.9. The summed E-state index contributed by atoms with van der Waals surface area (Å²) in [6, 6.07) is 2.92. The first-order valence-corrected chi connectivity index (χ1v) is 6.80. The summed E-state index contributed by atoms with van der Waals surface area (Å²) in [5, 5.41) is 2.77. The van der Waals surface area contributed by atoms with E-state index in [0.717, 1.165) is 6.42 Å². The van der Waals surface area contributed by atoms with Crippen molar-refractivity contribution in [2.24, 2.45) is 5.73 Å². The van der Waals surface area contributed by atoms with Gasteiger partial charge in [0, 0.05) is 16.6 Å². The second-order valence-corrected chi connectivity index (χ2v) is 4.93. The highest BCUT2D eigenvalue weighted by molar-refractivity contribution is 9.10. The normalized spacial score (nSPS) is 11.8. The molecule has 0 bridgehead atoms. The number of hydrogen-bond donors (Lipinski definition) is 2.